The van der Waals surface area contributed by atoms with E-state index in [1.807, 2.05) is 12.1 Å². The van der Waals surface area contributed by atoms with Crippen LogP contribution in [0.4, 0.5) is 0 Å². The van der Waals surface area contributed by atoms with Gasteiger partial charge in [0.2, 0.25) is 0 Å². The molecular formula is C15H22BrNO3. The third-order valence-electron chi connectivity index (χ3n) is 4.19. The fraction of sp³-hybridized carbons (Fsp3) is 0.600. The summed E-state index contributed by atoms with van der Waals surface area (Å²) in [5.74, 6) is 1.53. The van der Waals surface area contributed by atoms with E-state index in [-0.39, 0.29) is 11.6 Å². The largest absolute Gasteiger partial charge is 0.496 e. The van der Waals surface area contributed by atoms with E-state index >= 15 is 0 Å². The number of ether oxygens (including phenoxy) is 3. The van der Waals surface area contributed by atoms with E-state index in [1.165, 1.54) is 6.42 Å². The van der Waals surface area contributed by atoms with Gasteiger partial charge in [0.05, 0.1) is 24.3 Å². The van der Waals surface area contributed by atoms with Gasteiger partial charge >= 0.3 is 0 Å². The first-order valence-corrected chi connectivity index (χ1v) is 7.56. The van der Waals surface area contributed by atoms with Crippen LogP contribution in [0.1, 0.15) is 37.3 Å². The summed E-state index contributed by atoms with van der Waals surface area (Å²) in [6.07, 6.45) is 4.16. The van der Waals surface area contributed by atoms with Crippen molar-refractivity contribution in [1.29, 1.82) is 0 Å². The van der Waals surface area contributed by atoms with E-state index in [9.17, 15) is 0 Å². The Morgan fingerprint density at radius 3 is 2.30 bits per heavy atom. The third-order valence-corrected chi connectivity index (χ3v) is 4.81. The molecule has 0 amide bonds. The second kappa shape index (κ2) is 6.33. The van der Waals surface area contributed by atoms with Crippen molar-refractivity contribution in [3.8, 4) is 11.5 Å². The Hall–Kier alpha value is -0.780. The summed E-state index contributed by atoms with van der Waals surface area (Å²) in [5.41, 5.74) is 7.28. The minimum absolute atomic E-state index is 0.0647. The van der Waals surface area contributed by atoms with Crippen molar-refractivity contribution in [1.82, 2.24) is 0 Å². The average Bonchev–Trinajstić information content (AvgIpc) is 2.42. The van der Waals surface area contributed by atoms with Crippen LogP contribution in [0.15, 0.2) is 16.6 Å². The highest BCUT2D eigenvalue weighted by Crippen LogP contribution is 2.43. The molecule has 0 heterocycles. The van der Waals surface area contributed by atoms with Crippen molar-refractivity contribution in [2.45, 2.75) is 37.3 Å². The Bertz CT molecular complexity index is 469. The van der Waals surface area contributed by atoms with Crippen LogP contribution in [-0.4, -0.2) is 26.9 Å². The third kappa shape index (κ3) is 2.95. The van der Waals surface area contributed by atoms with Crippen LogP contribution in [0.2, 0.25) is 0 Å². The zero-order valence-corrected chi connectivity index (χ0v) is 13.8. The minimum Gasteiger partial charge on any atom is -0.496 e. The Labute approximate surface area is 128 Å². The molecule has 2 N–H and O–H groups in total. The lowest BCUT2D eigenvalue weighted by molar-refractivity contribution is -0.0817. The fourth-order valence-corrected chi connectivity index (χ4v) is 3.23. The number of hydrogen-bond donors (Lipinski definition) is 1. The molecule has 1 fully saturated rings. The number of benzene rings is 1. The summed E-state index contributed by atoms with van der Waals surface area (Å²) in [4.78, 5) is 0. The van der Waals surface area contributed by atoms with Crippen LogP contribution in [-0.2, 0) is 4.74 Å². The number of halogens is 1. The van der Waals surface area contributed by atoms with E-state index in [0.29, 0.717) is 0 Å². The zero-order chi connectivity index (χ0) is 14.8. The summed E-state index contributed by atoms with van der Waals surface area (Å²) in [6.45, 7) is 0. The van der Waals surface area contributed by atoms with E-state index in [4.69, 9.17) is 19.9 Å². The molecule has 1 unspecified atom stereocenters. The molecule has 1 aromatic rings. The highest BCUT2D eigenvalue weighted by molar-refractivity contribution is 9.10. The van der Waals surface area contributed by atoms with Crippen molar-refractivity contribution < 1.29 is 14.2 Å². The lowest BCUT2D eigenvalue weighted by atomic mass is 9.75. The highest BCUT2D eigenvalue weighted by atomic mass is 79.9. The molecule has 1 atom stereocenters. The average molecular weight is 344 g/mol. The minimum atomic E-state index is -0.132. The molecule has 0 aliphatic heterocycles. The Kier molecular flexibility index (Phi) is 4.94. The van der Waals surface area contributed by atoms with Gasteiger partial charge in [0, 0.05) is 18.7 Å². The maximum atomic E-state index is 6.39. The Morgan fingerprint density at radius 1 is 1.20 bits per heavy atom. The molecule has 0 saturated heterocycles. The highest BCUT2D eigenvalue weighted by Gasteiger charge is 2.39. The summed E-state index contributed by atoms with van der Waals surface area (Å²) < 4.78 is 17.3. The standard InChI is InChI=1S/C15H22BrNO3/c1-18-13-8-11(16)14(19-2)7-10(13)12(17)9-15(20-3)5-4-6-15/h7-8,12H,4-6,9,17H2,1-3H3. The Morgan fingerprint density at radius 2 is 1.85 bits per heavy atom. The van der Waals surface area contributed by atoms with Crippen molar-refractivity contribution >= 4 is 15.9 Å². The van der Waals surface area contributed by atoms with E-state index in [2.05, 4.69) is 15.9 Å². The number of nitrogens with two attached hydrogens (primary N) is 1. The normalized spacial score (nSPS) is 18.2. The molecule has 1 aromatic carbocycles. The van der Waals surface area contributed by atoms with Crippen molar-refractivity contribution in [3.63, 3.8) is 0 Å². The van der Waals surface area contributed by atoms with Crippen LogP contribution in [0.25, 0.3) is 0 Å². The summed E-state index contributed by atoms with van der Waals surface area (Å²) in [7, 11) is 5.07. The summed E-state index contributed by atoms with van der Waals surface area (Å²) in [5, 5.41) is 0. The number of methoxy groups -OCH3 is 3. The van der Waals surface area contributed by atoms with E-state index in [1.54, 1.807) is 21.3 Å². The summed E-state index contributed by atoms with van der Waals surface area (Å²) in [6, 6.07) is 3.70. The predicted molar refractivity (Wildman–Crippen MR) is 82.4 cm³/mol. The number of hydrogen-bond acceptors (Lipinski definition) is 4. The monoisotopic (exact) mass is 343 g/mol. The molecule has 0 bridgehead atoms. The molecule has 4 nitrogen and oxygen atoms in total. The van der Waals surface area contributed by atoms with Crippen LogP contribution < -0.4 is 15.2 Å². The first kappa shape index (κ1) is 15.6. The molecule has 1 saturated carbocycles. The maximum absolute atomic E-state index is 6.39. The van der Waals surface area contributed by atoms with Gasteiger partial charge in [-0.1, -0.05) is 0 Å². The van der Waals surface area contributed by atoms with Crippen LogP contribution in [0.3, 0.4) is 0 Å². The van der Waals surface area contributed by atoms with Crippen LogP contribution in [0.5, 0.6) is 11.5 Å². The maximum Gasteiger partial charge on any atom is 0.133 e. The quantitative estimate of drug-likeness (QED) is 0.859. The van der Waals surface area contributed by atoms with Gasteiger partial charge in [-0.25, -0.2) is 0 Å². The molecular weight excluding hydrogens is 322 g/mol. The lowest BCUT2D eigenvalue weighted by Gasteiger charge is -2.42. The topological polar surface area (TPSA) is 53.7 Å². The second-order valence-electron chi connectivity index (χ2n) is 5.28. The van der Waals surface area contributed by atoms with Crippen molar-refractivity contribution in [2.75, 3.05) is 21.3 Å². The van der Waals surface area contributed by atoms with Gasteiger partial charge in [-0.05, 0) is 53.7 Å². The smallest absolute Gasteiger partial charge is 0.133 e. The molecule has 2 rings (SSSR count). The molecule has 20 heavy (non-hydrogen) atoms. The van der Waals surface area contributed by atoms with E-state index in [0.717, 1.165) is 40.8 Å². The predicted octanol–water partition coefficient (Wildman–Crippen LogP) is 3.43. The van der Waals surface area contributed by atoms with E-state index < -0.39 is 0 Å². The van der Waals surface area contributed by atoms with Crippen molar-refractivity contribution in [3.05, 3.63) is 22.2 Å². The van der Waals surface area contributed by atoms with Gasteiger partial charge in [-0.2, -0.15) is 0 Å². The molecule has 0 aromatic heterocycles. The molecule has 1 aliphatic rings. The van der Waals surface area contributed by atoms with Gasteiger partial charge in [-0.3, -0.25) is 0 Å². The first-order valence-electron chi connectivity index (χ1n) is 6.77. The van der Waals surface area contributed by atoms with Gasteiger partial charge < -0.3 is 19.9 Å². The summed E-state index contributed by atoms with van der Waals surface area (Å²) >= 11 is 3.46. The van der Waals surface area contributed by atoms with Crippen LogP contribution in [0, 0.1) is 0 Å². The molecule has 0 radical (unpaired) electrons. The molecule has 0 spiro atoms. The van der Waals surface area contributed by atoms with Crippen molar-refractivity contribution in [2.24, 2.45) is 5.73 Å². The zero-order valence-electron chi connectivity index (χ0n) is 12.2. The Balaban J connectivity index is 2.26. The molecule has 1 aliphatic carbocycles. The SMILES string of the molecule is COc1cc(C(N)CC2(OC)CCC2)c(OC)cc1Br. The molecule has 5 heteroatoms. The van der Waals surface area contributed by atoms with Gasteiger partial charge in [0.25, 0.3) is 0 Å². The fourth-order valence-electron chi connectivity index (χ4n) is 2.75. The first-order chi connectivity index (χ1) is 9.55. The van der Waals surface area contributed by atoms with Gasteiger partial charge in [-0.15, -0.1) is 0 Å². The van der Waals surface area contributed by atoms with Crippen LogP contribution >= 0.6 is 15.9 Å². The van der Waals surface area contributed by atoms with Gasteiger partial charge in [0.15, 0.2) is 0 Å². The second-order valence-corrected chi connectivity index (χ2v) is 6.13. The molecule has 112 valence electrons. The lowest BCUT2D eigenvalue weighted by Crippen LogP contribution is -2.41. The number of rotatable bonds is 6. The van der Waals surface area contributed by atoms with Gasteiger partial charge in [0.1, 0.15) is 11.5 Å².